The van der Waals surface area contributed by atoms with E-state index < -0.39 is 6.29 Å². The van der Waals surface area contributed by atoms with E-state index >= 15 is 0 Å². The van der Waals surface area contributed by atoms with E-state index in [1.54, 1.807) is 18.2 Å². The van der Waals surface area contributed by atoms with Gasteiger partial charge in [0, 0.05) is 36.4 Å². The van der Waals surface area contributed by atoms with E-state index in [4.69, 9.17) is 18.7 Å². The standard InChI is InChI=1S/C25H28N2O5S/c28-25(26-32-22-8-4-5-16-29-22)23-21(10-9-18-13-17-30-24(18)23)33-27-14-11-20(12-15-27)31-19-6-2-1-3-7-19/h1-3,6-7,9-10,13,17,20,22H,4-5,8,11-12,14-16H2,(H,26,28). The first kappa shape index (κ1) is 22.3. The van der Waals surface area contributed by atoms with Gasteiger partial charge in [0.05, 0.1) is 11.8 Å². The van der Waals surface area contributed by atoms with Crippen molar-refractivity contribution in [2.45, 2.75) is 49.4 Å². The van der Waals surface area contributed by atoms with Gasteiger partial charge in [-0.3, -0.25) is 4.79 Å². The molecule has 3 aromatic rings. The Morgan fingerprint density at radius 3 is 2.67 bits per heavy atom. The van der Waals surface area contributed by atoms with E-state index in [2.05, 4.69) is 9.79 Å². The van der Waals surface area contributed by atoms with Crippen molar-refractivity contribution in [2.75, 3.05) is 19.7 Å². The summed E-state index contributed by atoms with van der Waals surface area (Å²) in [4.78, 5) is 19.5. The summed E-state index contributed by atoms with van der Waals surface area (Å²) in [6.45, 7) is 2.39. The van der Waals surface area contributed by atoms with Crippen molar-refractivity contribution in [3.05, 3.63) is 60.4 Å². The summed E-state index contributed by atoms with van der Waals surface area (Å²) in [6.07, 6.45) is 6.07. The van der Waals surface area contributed by atoms with Crippen LogP contribution in [0.3, 0.4) is 0 Å². The van der Waals surface area contributed by atoms with Crippen LogP contribution in [0.4, 0.5) is 0 Å². The van der Waals surface area contributed by atoms with Crippen molar-refractivity contribution >= 4 is 28.8 Å². The minimum atomic E-state index is -0.404. The fourth-order valence-corrected chi connectivity index (χ4v) is 5.23. The molecule has 8 heteroatoms. The van der Waals surface area contributed by atoms with Gasteiger partial charge in [0.2, 0.25) is 0 Å². The molecule has 1 amide bonds. The molecule has 33 heavy (non-hydrogen) atoms. The molecule has 0 spiro atoms. The Hall–Kier alpha value is -2.52. The summed E-state index contributed by atoms with van der Waals surface area (Å²) < 4.78 is 19.6. The maximum atomic E-state index is 13.1. The molecule has 7 nitrogen and oxygen atoms in total. The summed E-state index contributed by atoms with van der Waals surface area (Å²) in [5, 5.41) is 0.883. The third kappa shape index (κ3) is 5.52. The smallest absolute Gasteiger partial charge is 0.279 e. The number of carbonyl (C=O) groups is 1. The molecule has 0 bridgehead atoms. The van der Waals surface area contributed by atoms with Crippen molar-refractivity contribution in [1.29, 1.82) is 0 Å². The van der Waals surface area contributed by atoms with Crippen molar-refractivity contribution in [1.82, 2.24) is 9.79 Å². The second-order valence-corrected chi connectivity index (χ2v) is 9.41. The number of hydroxylamine groups is 1. The number of fused-ring (bicyclic) bond motifs is 1. The van der Waals surface area contributed by atoms with Crippen molar-refractivity contribution in [2.24, 2.45) is 0 Å². The van der Waals surface area contributed by atoms with E-state index in [0.717, 1.165) is 61.2 Å². The normalized spacial score (nSPS) is 20.1. The lowest BCUT2D eigenvalue weighted by atomic mass is 10.1. The number of ether oxygens (including phenoxy) is 2. The van der Waals surface area contributed by atoms with Gasteiger partial charge in [-0.2, -0.15) is 0 Å². The maximum Gasteiger partial charge on any atom is 0.279 e. The Bertz CT molecular complexity index is 1060. The monoisotopic (exact) mass is 468 g/mol. The van der Waals surface area contributed by atoms with Gasteiger partial charge in [-0.25, -0.2) is 14.6 Å². The van der Waals surface area contributed by atoms with E-state index in [1.165, 1.54) is 0 Å². The molecule has 2 aliphatic rings. The molecule has 5 rings (SSSR count). The number of furan rings is 1. The van der Waals surface area contributed by atoms with Crippen LogP contribution in [-0.4, -0.2) is 42.3 Å². The summed E-state index contributed by atoms with van der Waals surface area (Å²) >= 11 is 1.58. The Balaban J connectivity index is 1.24. The summed E-state index contributed by atoms with van der Waals surface area (Å²) in [5.74, 6) is 0.585. The van der Waals surface area contributed by atoms with Crippen LogP contribution in [-0.2, 0) is 9.57 Å². The third-order valence-corrected chi connectivity index (χ3v) is 7.07. The summed E-state index contributed by atoms with van der Waals surface area (Å²) in [5.41, 5.74) is 3.64. The highest BCUT2D eigenvalue weighted by Crippen LogP contribution is 2.34. The van der Waals surface area contributed by atoms with Gasteiger partial charge in [0.1, 0.15) is 17.4 Å². The fraction of sp³-hybridized carbons (Fsp3) is 0.400. The number of benzene rings is 2. The average molecular weight is 469 g/mol. The zero-order valence-corrected chi connectivity index (χ0v) is 19.2. The molecular formula is C25H28N2O5S. The van der Waals surface area contributed by atoms with E-state index in [1.807, 2.05) is 48.5 Å². The van der Waals surface area contributed by atoms with Gasteiger partial charge in [0.25, 0.3) is 5.91 Å². The van der Waals surface area contributed by atoms with Gasteiger partial charge in [-0.1, -0.05) is 18.2 Å². The Kier molecular flexibility index (Phi) is 7.16. The average Bonchev–Trinajstić information content (AvgIpc) is 3.34. The highest BCUT2D eigenvalue weighted by Gasteiger charge is 2.26. The molecule has 1 unspecified atom stereocenters. The van der Waals surface area contributed by atoms with Crippen LogP contribution < -0.4 is 10.2 Å². The first-order chi connectivity index (χ1) is 16.3. The number of para-hydroxylation sites is 1. The molecule has 1 aromatic heterocycles. The minimum Gasteiger partial charge on any atom is -0.490 e. The van der Waals surface area contributed by atoms with E-state index in [9.17, 15) is 4.79 Å². The zero-order valence-electron chi connectivity index (χ0n) is 18.4. The van der Waals surface area contributed by atoms with Gasteiger partial charge in [0.15, 0.2) is 6.29 Å². The topological polar surface area (TPSA) is 73.2 Å². The lowest BCUT2D eigenvalue weighted by molar-refractivity contribution is -0.186. The van der Waals surface area contributed by atoms with E-state index in [0.29, 0.717) is 17.8 Å². The zero-order chi connectivity index (χ0) is 22.5. The van der Waals surface area contributed by atoms with Crippen molar-refractivity contribution in [3.8, 4) is 5.75 Å². The summed E-state index contributed by atoms with van der Waals surface area (Å²) in [6, 6.07) is 15.8. The molecule has 0 aliphatic carbocycles. The number of hydrogen-bond donors (Lipinski definition) is 1. The molecule has 3 heterocycles. The molecule has 2 saturated heterocycles. The molecule has 1 N–H and O–H groups in total. The van der Waals surface area contributed by atoms with E-state index in [-0.39, 0.29) is 12.0 Å². The van der Waals surface area contributed by atoms with Gasteiger partial charge in [-0.15, -0.1) is 0 Å². The highest BCUT2D eigenvalue weighted by atomic mass is 32.2. The number of rotatable bonds is 7. The predicted octanol–water partition coefficient (Wildman–Crippen LogP) is 5.17. The highest BCUT2D eigenvalue weighted by molar-refractivity contribution is 7.97. The van der Waals surface area contributed by atoms with Crippen LogP contribution in [0, 0.1) is 0 Å². The Labute approximate surface area is 197 Å². The van der Waals surface area contributed by atoms with Gasteiger partial charge >= 0.3 is 0 Å². The van der Waals surface area contributed by atoms with Crippen LogP contribution in [0.2, 0.25) is 0 Å². The lowest BCUT2D eigenvalue weighted by Crippen LogP contribution is -2.35. The molecule has 1 atom stereocenters. The summed E-state index contributed by atoms with van der Waals surface area (Å²) in [7, 11) is 0. The molecule has 174 valence electrons. The number of amides is 1. The minimum absolute atomic E-state index is 0.198. The second-order valence-electron chi connectivity index (χ2n) is 8.27. The lowest BCUT2D eigenvalue weighted by Gasteiger charge is -2.31. The first-order valence-electron chi connectivity index (χ1n) is 11.5. The maximum absolute atomic E-state index is 13.1. The van der Waals surface area contributed by atoms with Crippen LogP contribution in [0.25, 0.3) is 11.0 Å². The van der Waals surface area contributed by atoms with Gasteiger partial charge < -0.3 is 13.9 Å². The third-order valence-electron chi connectivity index (χ3n) is 5.91. The molecule has 2 fully saturated rings. The fourth-order valence-electron chi connectivity index (χ4n) is 4.15. The van der Waals surface area contributed by atoms with Crippen LogP contribution >= 0.6 is 11.9 Å². The molecule has 2 aromatic carbocycles. The molecule has 0 radical (unpaired) electrons. The first-order valence-corrected chi connectivity index (χ1v) is 12.3. The number of nitrogens with zero attached hydrogens (tertiary/aromatic N) is 1. The molecule has 0 saturated carbocycles. The van der Waals surface area contributed by atoms with Gasteiger partial charge in [-0.05, 0) is 68.0 Å². The van der Waals surface area contributed by atoms with Crippen LogP contribution in [0.15, 0.2) is 64.1 Å². The predicted molar refractivity (Wildman–Crippen MR) is 126 cm³/mol. The largest absolute Gasteiger partial charge is 0.490 e. The molecular weight excluding hydrogens is 440 g/mol. The van der Waals surface area contributed by atoms with Crippen LogP contribution in [0.1, 0.15) is 42.5 Å². The van der Waals surface area contributed by atoms with Crippen molar-refractivity contribution < 1.29 is 23.5 Å². The van der Waals surface area contributed by atoms with Crippen LogP contribution in [0.5, 0.6) is 5.75 Å². The number of hydrogen-bond acceptors (Lipinski definition) is 7. The SMILES string of the molecule is O=C(NOC1CCCCO1)c1c(SN2CCC(Oc3ccccc3)CC2)ccc2ccoc12. The second kappa shape index (κ2) is 10.6. The number of carbonyl (C=O) groups excluding carboxylic acids is 1. The Morgan fingerprint density at radius 1 is 1.03 bits per heavy atom. The Morgan fingerprint density at radius 2 is 1.88 bits per heavy atom. The molecule has 2 aliphatic heterocycles. The number of nitrogens with one attached hydrogen (secondary N) is 1. The number of piperidine rings is 1. The van der Waals surface area contributed by atoms with Crippen molar-refractivity contribution in [3.63, 3.8) is 0 Å². The quantitative estimate of drug-likeness (QED) is 0.379.